The first-order valence-electron chi connectivity index (χ1n) is 8.65. The SMILES string of the molecule is Cc1nn(-c2ccc(F)cc2)c(Cl)c1/C=N\NC(=S)NC1CCCCC1. The lowest BCUT2D eigenvalue weighted by Crippen LogP contribution is -2.40. The molecule has 1 aromatic heterocycles. The Kier molecular flexibility index (Phi) is 6.21. The smallest absolute Gasteiger partial charge is 0.187 e. The van der Waals surface area contributed by atoms with Gasteiger partial charge in [-0.25, -0.2) is 9.07 Å². The highest BCUT2D eigenvalue weighted by Gasteiger charge is 2.15. The fraction of sp³-hybridized carbons (Fsp3) is 0.389. The number of nitrogens with zero attached hydrogens (tertiary/aromatic N) is 3. The lowest BCUT2D eigenvalue weighted by Gasteiger charge is -2.23. The number of hydrazone groups is 1. The van der Waals surface area contributed by atoms with Gasteiger partial charge in [-0.3, -0.25) is 5.43 Å². The largest absolute Gasteiger partial charge is 0.359 e. The number of nitrogens with one attached hydrogen (secondary N) is 2. The van der Waals surface area contributed by atoms with E-state index >= 15 is 0 Å². The van der Waals surface area contributed by atoms with E-state index in [1.54, 1.807) is 23.0 Å². The van der Waals surface area contributed by atoms with Crippen molar-refractivity contribution in [2.45, 2.75) is 45.1 Å². The maximum atomic E-state index is 13.1. The second kappa shape index (κ2) is 8.60. The lowest BCUT2D eigenvalue weighted by molar-refractivity contribution is 0.412. The van der Waals surface area contributed by atoms with Crippen LogP contribution < -0.4 is 10.7 Å². The van der Waals surface area contributed by atoms with Gasteiger partial charge in [0.25, 0.3) is 0 Å². The molecule has 0 bridgehead atoms. The summed E-state index contributed by atoms with van der Waals surface area (Å²) < 4.78 is 14.6. The van der Waals surface area contributed by atoms with Crippen LogP contribution in [-0.2, 0) is 0 Å². The van der Waals surface area contributed by atoms with Crippen LogP contribution in [0.15, 0.2) is 29.4 Å². The average Bonchev–Trinajstić information content (AvgIpc) is 2.91. The molecule has 2 N–H and O–H groups in total. The number of hydrogen-bond acceptors (Lipinski definition) is 3. The molecule has 1 aliphatic rings. The van der Waals surface area contributed by atoms with Crippen LogP contribution in [0.5, 0.6) is 0 Å². The maximum absolute atomic E-state index is 13.1. The topological polar surface area (TPSA) is 54.2 Å². The van der Waals surface area contributed by atoms with E-state index in [2.05, 4.69) is 20.9 Å². The summed E-state index contributed by atoms with van der Waals surface area (Å²) in [5.74, 6) is -0.307. The van der Waals surface area contributed by atoms with Crippen LogP contribution in [0, 0.1) is 12.7 Å². The average molecular weight is 394 g/mol. The summed E-state index contributed by atoms with van der Waals surface area (Å²) in [6.45, 7) is 1.84. The number of aromatic nitrogens is 2. The molecule has 0 spiro atoms. The normalized spacial score (nSPS) is 15.3. The molecule has 0 saturated heterocycles. The van der Waals surface area contributed by atoms with Crippen molar-refractivity contribution in [3.63, 3.8) is 0 Å². The minimum atomic E-state index is -0.307. The van der Waals surface area contributed by atoms with Gasteiger partial charge in [0.05, 0.1) is 23.2 Å². The third kappa shape index (κ3) is 4.59. The second-order valence-electron chi connectivity index (χ2n) is 6.36. The van der Waals surface area contributed by atoms with Crippen molar-refractivity contribution in [3.8, 4) is 5.69 Å². The molecule has 0 aliphatic heterocycles. The molecule has 3 rings (SSSR count). The Morgan fingerprint density at radius 2 is 2.00 bits per heavy atom. The molecule has 0 radical (unpaired) electrons. The quantitative estimate of drug-likeness (QED) is 0.466. The highest BCUT2D eigenvalue weighted by Crippen LogP contribution is 2.22. The third-order valence-electron chi connectivity index (χ3n) is 4.42. The van der Waals surface area contributed by atoms with E-state index in [1.807, 2.05) is 6.92 Å². The third-order valence-corrected chi connectivity index (χ3v) is 4.99. The van der Waals surface area contributed by atoms with Crippen LogP contribution in [0.4, 0.5) is 4.39 Å². The number of aryl methyl sites for hydroxylation is 1. The number of rotatable bonds is 4. The number of hydrogen-bond donors (Lipinski definition) is 2. The van der Waals surface area contributed by atoms with Gasteiger partial charge in [0, 0.05) is 6.04 Å². The van der Waals surface area contributed by atoms with E-state index in [1.165, 1.54) is 31.4 Å². The van der Waals surface area contributed by atoms with Gasteiger partial charge in [-0.15, -0.1) is 0 Å². The Morgan fingerprint density at radius 1 is 1.31 bits per heavy atom. The molecule has 1 aromatic carbocycles. The summed E-state index contributed by atoms with van der Waals surface area (Å²) in [6.07, 6.45) is 7.65. The molecule has 0 amide bonds. The van der Waals surface area contributed by atoms with Gasteiger partial charge < -0.3 is 5.32 Å². The Balaban J connectivity index is 1.65. The second-order valence-corrected chi connectivity index (χ2v) is 7.12. The number of benzene rings is 1. The van der Waals surface area contributed by atoms with Crippen molar-refractivity contribution in [2.75, 3.05) is 0 Å². The molecule has 1 fully saturated rings. The van der Waals surface area contributed by atoms with Gasteiger partial charge in [-0.2, -0.15) is 10.2 Å². The van der Waals surface area contributed by atoms with Crippen LogP contribution in [0.1, 0.15) is 43.4 Å². The molecular weight excluding hydrogens is 373 g/mol. The van der Waals surface area contributed by atoms with Gasteiger partial charge in [0.1, 0.15) is 11.0 Å². The van der Waals surface area contributed by atoms with E-state index in [4.69, 9.17) is 23.8 Å². The zero-order valence-corrected chi connectivity index (χ0v) is 16.1. The lowest BCUT2D eigenvalue weighted by atomic mass is 9.96. The zero-order valence-electron chi connectivity index (χ0n) is 14.5. The minimum absolute atomic E-state index is 0.307. The van der Waals surface area contributed by atoms with Crippen molar-refractivity contribution in [1.29, 1.82) is 0 Å². The van der Waals surface area contributed by atoms with Gasteiger partial charge in [-0.05, 0) is 56.2 Å². The highest BCUT2D eigenvalue weighted by molar-refractivity contribution is 7.80. The van der Waals surface area contributed by atoms with Crippen molar-refractivity contribution in [2.24, 2.45) is 5.10 Å². The predicted octanol–water partition coefficient (Wildman–Crippen LogP) is 4.10. The van der Waals surface area contributed by atoms with Crippen molar-refractivity contribution in [1.82, 2.24) is 20.5 Å². The van der Waals surface area contributed by atoms with Crippen LogP contribution in [0.2, 0.25) is 5.15 Å². The van der Waals surface area contributed by atoms with Crippen LogP contribution >= 0.6 is 23.8 Å². The molecule has 8 heteroatoms. The maximum Gasteiger partial charge on any atom is 0.187 e. The van der Waals surface area contributed by atoms with E-state index < -0.39 is 0 Å². The van der Waals surface area contributed by atoms with Gasteiger partial charge >= 0.3 is 0 Å². The van der Waals surface area contributed by atoms with Crippen molar-refractivity contribution < 1.29 is 4.39 Å². The van der Waals surface area contributed by atoms with E-state index in [9.17, 15) is 4.39 Å². The predicted molar refractivity (Wildman–Crippen MR) is 107 cm³/mol. The summed E-state index contributed by atoms with van der Waals surface area (Å²) >= 11 is 11.7. The summed E-state index contributed by atoms with van der Waals surface area (Å²) in [7, 11) is 0. The van der Waals surface area contributed by atoms with Crippen molar-refractivity contribution >= 4 is 35.1 Å². The monoisotopic (exact) mass is 393 g/mol. The van der Waals surface area contributed by atoms with E-state index in [-0.39, 0.29) is 5.82 Å². The first-order chi connectivity index (χ1) is 12.5. The summed E-state index contributed by atoms with van der Waals surface area (Å²) in [5, 5.41) is 12.8. The molecule has 1 saturated carbocycles. The fourth-order valence-electron chi connectivity index (χ4n) is 3.03. The Labute approximate surface area is 162 Å². The molecule has 26 heavy (non-hydrogen) atoms. The van der Waals surface area contributed by atoms with Crippen LogP contribution in [0.3, 0.4) is 0 Å². The van der Waals surface area contributed by atoms with Gasteiger partial charge in [0.2, 0.25) is 0 Å². The molecule has 0 unspecified atom stereocenters. The molecule has 0 atom stereocenters. The van der Waals surface area contributed by atoms with E-state index in [0.717, 1.165) is 18.5 Å². The number of thiocarbonyl (C=S) groups is 1. The standard InChI is InChI=1S/C18H21ClFN5S/c1-12-16(11-21-23-18(26)22-14-5-3-2-4-6-14)17(19)25(24-12)15-9-7-13(20)8-10-15/h7-11,14H,2-6H2,1H3,(H2,22,23,26)/b21-11-. The molecule has 5 nitrogen and oxygen atoms in total. The van der Waals surface area contributed by atoms with Crippen molar-refractivity contribution in [3.05, 3.63) is 46.5 Å². The zero-order chi connectivity index (χ0) is 18.5. The Morgan fingerprint density at radius 3 is 2.69 bits per heavy atom. The summed E-state index contributed by atoms with van der Waals surface area (Å²) in [5.41, 5.74) is 4.92. The minimum Gasteiger partial charge on any atom is -0.359 e. The molecular formula is C18H21ClFN5S. The van der Waals surface area contributed by atoms with Crippen LogP contribution in [-0.4, -0.2) is 27.1 Å². The van der Waals surface area contributed by atoms with E-state index in [0.29, 0.717) is 27.6 Å². The highest BCUT2D eigenvalue weighted by atomic mass is 35.5. The molecule has 1 heterocycles. The van der Waals surface area contributed by atoms with Gasteiger partial charge in [-0.1, -0.05) is 30.9 Å². The fourth-order valence-corrected chi connectivity index (χ4v) is 3.57. The molecule has 2 aromatic rings. The molecule has 138 valence electrons. The Hall–Kier alpha value is -1.99. The summed E-state index contributed by atoms with van der Waals surface area (Å²) in [6, 6.07) is 6.40. The first-order valence-corrected chi connectivity index (χ1v) is 9.44. The van der Waals surface area contributed by atoms with Gasteiger partial charge in [0.15, 0.2) is 5.11 Å². The van der Waals surface area contributed by atoms with Crippen LogP contribution in [0.25, 0.3) is 5.69 Å². The number of halogens is 2. The first kappa shape index (κ1) is 18.8. The Bertz CT molecular complexity index is 797. The molecule has 1 aliphatic carbocycles. The summed E-state index contributed by atoms with van der Waals surface area (Å²) in [4.78, 5) is 0.